The molecule has 6 heteroatoms. The van der Waals surface area contributed by atoms with Gasteiger partial charge in [-0.2, -0.15) is 5.10 Å². The number of hydrogen-bond donors (Lipinski definition) is 2. The van der Waals surface area contributed by atoms with Crippen LogP contribution < -0.4 is 0 Å². The third-order valence-electron chi connectivity index (χ3n) is 6.15. The van der Waals surface area contributed by atoms with E-state index >= 15 is 0 Å². The number of rotatable bonds is 5. The zero-order valence-electron chi connectivity index (χ0n) is 17.0. The number of carbonyl (C=O) groups is 1. The van der Waals surface area contributed by atoms with Crippen LogP contribution in [0.3, 0.4) is 0 Å². The first-order chi connectivity index (χ1) is 14.7. The maximum Gasteiger partial charge on any atom is 0.273 e. The fourth-order valence-electron chi connectivity index (χ4n) is 4.55. The molecule has 0 bridgehead atoms. The normalized spacial score (nSPS) is 20.7. The number of benzene rings is 2. The van der Waals surface area contributed by atoms with Gasteiger partial charge in [0.25, 0.3) is 5.91 Å². The van der Waals surface area contributed by atoms with Gasteiger partial charge in [0.05, 0.1) is 12.1 Å². The number of hydrogen-bond acceptors (Lipinski definition) is 4. The highest BCUT2D eigenvalue weighted by molar-refractivity contribution is 6.00. The lowest BCUT2D eigenvalue weighted by Gasteiger charge is -2.28. The number of phenols is 1. The molecule has 5 rings (SSSR count). The van der Waals surface area contributed by atoms with Gasteiger partial charge in [0.15, 0.2) is 0 Å². The summed E-state index contributed by atoms with van der Waals surface area (Å²) < 4.78 is 5.83. The number of aryl methyl sites for hydroxylation is 1. The highest BCUT2D eigenvalue weighted by Crippen LogP contribution is 2.44. The third-order valence-corrected chi connectivity index (χ3v) is 6.15. The fourth-order valence-corrected chi connectivity index (χ4v) is 4.55. The number of aromatic nitrogens is 2. The fraction of sp³-hybridized carbons (Fsp3) is 0.333. The Morgan fingerprint density at radius 3 is 2.70 bits per heavy atom. The summed E-state index contributed by atoms with van der Waals surface area (Å²) in [6.45, 7) is 3.42. The number of aromatic hydroxyl groups is 1. The molecule has 2 aromatic carbocycles. The van der Waals surface area contributed by atoms with E-state index in [4.69, 9.17) is 4.74 Å². The number of fused-ring (bicyclic) bond motifs is 1. The third kappa shape index (κ3) is 3.08. The van der Waals surface area contributed by atoms with Crippen molar-refractivity contribution in [2.75, 3.05) is 13.2 Å². The molecule has 1 amide bonds. The summed E-state index contributed by atoms with van der Waals surface area (Å²) in [5, 5.41) is 17.8. The van der Waals surface area contributed by atoms with Gasteiger partial charge in [-0.05, 0) is 42.5 Å². The summed E-state index contributed by atoms with van der Waals surface area (Å²) in [6, 6.07) is 15.3. The molecule has 6 nitrogen and oxygen atoms in total. The van der Waals surface area contributed by atoms with E-state index < -0.39 is 0 Å². The topological polar surface area (TPSA) is 78.5 Å². The number of ether oxygens (including phenoxy) is 1. The number of nitrogens with zero attached hydrogens (tertiary/aromatic N) is 2. The maximum atomic E-state index is 13.4. The number of para-hydroxylation sites is 1. The summed E-state index contributed by atoms with van der Waals surface area (Å²) in [4.78, 5) is 15.2. The Morgan fingerprint density at radius 2 is 2.00 bits per heavy atom. The van der Waals surface area contributed by atoms with Crippen LogP contribution in [-0.4, -0.2) is 45.4 Å². The standard InChI is InChI=1S/C24H25N3O3/c1-2-15-9-11-16(12-10-15)23-20-21(18-7-3-4-8-19(18)28)25-26-22(20)24(29)27(23)14-17-6-5-13-30-17/h3-4,7-12,17,23,28H,2,5-6,13-14H2,1H3,(H,25,26)/t17-,23-/m1/s1. The molecule has 0 unspecified atom stereocenters. The summed E-state index contributed by atoms with van der Waals surface area (Å²) in [5.41, 5.74) is 4.85. The second kappa shape index (κ2) is 7.61. The molecule has 154 valence electrons. The predicted octanol–water partition coefficient (Wildman–Crippen LogP) is 4.07. The minimum Gasteiger partial charge on any atom is -0.507 e. The Balaban J connectivity index is 1.62. The number of phenolic OH excluding ortho intramolecular Hbond substituents is 1. The smallest absolute Gasteiger partial charge is 0.273 e. The van der Waals surface area contributed by atoms with Crippen molar-refractivity contribution < 1.29 is 14.6 Å². The number of aromatic amines is 1. The molecule has 2 aliphatic heterocycles. The first-order valence-electron chi connectivity index (χ1n) is 10.6. The molecule has 1 saturated heterocycles. The van der Waals surface area contributed by atoms with Crippen LogP contribution in [-0.2, 0) is 11.2 Å². The van der Waals surface area contributed by atoms with Crippen LogP contribution in [0, 0.1) is 0 Å². The van der Waals surface area contributed by atoms with Gasteiger partial charge >= 0.3 is 0 Å². The van der Waals surface area contributed by atoms with Crippen molar-refractivity contribution in [2.24, 2.45) is 0 Å². The molecule has 0 spiro atoms. The largest absolute Gasteiger partial charge is 0.507 e. The average Bonchev–Trinajstić information content (AvgIpc) is 3.49. The maximum absolute atomic E-state index is 13.4. The van der Waals surface area contributed by atoms with Gasteiger partial charge in [-0.3, -0.25) is 9.89 Å². The van der Waals surface area contributed by atoms with E-state index in [9.17, 15) is 9.90 Å². The van der Waals surface area contributed by atoms with Gasteiger partial charge < -0.3 is 14.7 Å². The van der Waals surface area contributed by atoms with Crippen molar-refractivity contribution in [1.29, 1.82) is 0 Å². The Labute approximate surface area is 175 Å². The van der Waals surface area contributed by atoms with E-state index in [0.29, 0.717) is 23.5 Å². The lowest BCUT2D eigenvalue weighted by Crippen LogP contribution is -2.36. The molecule has 3 aromatic rings. The zero-order valence-corrected chi connectivity index (χ0v) is 17.0. The number of nitrogens with one attached hydrogen (secondary N) is 1. The molecule has 2 N–H and O–H groups in total. The summed E-state index contributed by atoms with van der Waals surface area (Å²) in [5.74, 6) is 0.0798. The minimum absolute atomic E-state index is 0.0527. The SMILES string of the molecule is CCc1ccc([C@@H]2c3c(-c4ccccc4O)n[nH]c3C(=O)N2C[C@H]2CCCO2)cc1. The van der Waals surface area contributed by atoms with Crippen LogP contribution in [0.5, 0.6) is 5.75 Å². The van der Waals surface area contributed by atoms with Crippen molar-refractivity contribution in [2.45, 2.75) is 38.3 Å². The van der Waals surface area contributed by atoms with E-state index in [0.717, 1.165) is 37.0 Å². The Bertz CT molecular complexity index is 1070. The van der Waals surface area contributed by atoms with Crippen molar-refractivity contribution in [1.82, 2.24) is 15.1 Å². The van der Waals surface area contributed by atoms with Gasteiger partial charge in [-0.15, -0.1) is 0 Å². The molecule has 2 aliphatic rings. The molecule has 0 radical (unpaired) electrons. The molecular formula is C24H25N3O3. The highest BCUT2D eigenvalue weighted by atomic mass is 16.5. The van der Waals surface area contributed by atoms with Crippen molar-refractivity contribution in [3.05, 3.63) is 70.9 Å². The van der Waals surface area contributed by atoms with Crippen molar-refractivity contribution in [3.8, 4) is 17.0 Å². The van der Waals surface area contributed by atoms with Crippen LogP contribution in [0.2, 0.25) is 0 Å². The second-order valence-electron chi connectivity index (χ2n) is 7.97. The summed E-state index contributed by atoms with van der Waals surface area (Å²) in [7, 11) is 0. The Kier molecular flexibility index (Phi) is 4.79. The van der Waals surface area contributed by atoms with E-state index in [1.54, 1.807) is 12.1 Å². The Hall–Kier alpha value is -3.12. The first-order valence-corrected chi connectivity index (χ1v) is 10.6. The minimum atomic E-state index is -0.268. The van der Waals surface area contributed by atoms with Crippen molar-refractivity contribution in [3.63, 3.8) is 0 Å². The summed E-state index contributed by atoms with van der Waals surface area (Å²) >= 11 is 0. The molecule has 0 aliphatic carbocycles. The van der Waals surface area contributed by atoms with Crippen molar-refractivity contribution >= 4 is 5.91 Å². The zero-order chi connectivity index (χ0) is 20.7. The van der Waals surface area contributed by atoms with Crippen LogP contribution in [0.15, 0.2) is 48.5 Å². The molecular weight excluding hydrogens is 378 g/mol. The monoisotopic (exact) mass is 403 g/mol. The number of H-pyrrole nitrogens is 1. The Morgan fingerprint density at radius 1 is 1.20 bits per heavy atom. The average molecular weight is 403 g/mol. The molecule has 0 saturated carbocycles. The lowest BCUT2D eigenvalue weighted by atomic mass is 9.94. The second-order valence-corrected chi connectivity index (χ2v) is 7.97. The highest BCUT2D eigenvalue weighted by Gasteiger charge is 2.43. The lowest BCUT2D eigenvalue weighted by molar-refractivity contribution is 0.0495. The summed E-state index contributed by atoms with van der Waals surface area (Å²) in [6.07, 6.45) is 3.00. The van der Waals surface area contributed by atoms with E-state index in [1.807, 2.05) is 17.0 Å². The van der Waals surface area contributed by atoms with Crippen LogP contribution in [0.1, 0.15) is 53.0 Å². The molecule has 2 atom stereocenters. The van der Waals surface area contributed by atoms with Gasteiger partial charge in [-0.1, -0.05) is 43.3 Å². The molecule has 1 aromatic heterocycles. The van der Waals surface area contributed by atoms with Crippen LogP contribution in [0.4, 0.5) is 0 Å². The van der Waals surface area contributed by atoms with E-state index in [-0.39, 0.29) is 23.8 Å². The van der Waals surface area contributed by atoms with E-state index in [1.165, 1.54) is 5.56 Å². The van der Waals surface area contributed by atoms with Crippen LogP contribution >= 0.6 is 0 Å². The molecule has 3 heterocycles. The van der Waals surface area contributed by atoms with Gasteiger partial charge in [0, 0.05) is 24.3 Å². The van der Waals surface area contributed by atoms with Crippen LogP contribution in [0.25, 0.3) is 11.3 Å². The number of carbonyl (C=O) groups excluding carboxylic acids is 1. The van der Waals surface area contributed by atoms with Gasteiger partial charge in [0.1, 0.15) is 17.1 Å². The predicted molar refractivity (Wildman–Crippen MR) is 113 cm³/mol. The van der Waals surface area contributed by atoms with Gasteiger partial charge in [0.2, 0.25) is 0 Å². The molecule has 1 fully saturated rings. The quantitative estimate of drug-likeness (QED) is 0.673. The van der Waals surface area contributed by atoms with Gasteiger partial charge in [-0.25, -0.2) is 0 Å². The number of amides is 1. The molecule has 30 heavy (non-hydrogen) atoms. The van der Waals surface area contributed by atoms with E-state index in [2.05, 4.69) is 41.4 Å². The first kappa shape index (κ1) is 18.9.